The first-order valence-corrected chi connectivity index (χ1v) is 10.8. The Morgan fingerprint density at radius 2 is 1.35 bits per heavy atom. The van der Waals surface area contributed by atoms with Gasteiger partial charge in [0.15, 0.2) is 0 Å². The molecule has 0 saturated heterocycles. The van der Waals surface area contributed by atoms with E-state index >= 15 is 0 Å². The van der Waals surface area contributed by atoms with Crippen molar-refractivity contribution in [2.75, 3.05) is 24.4 Å². The van der Waals surface area contributed by atoms with Crippen LogP contribution < -0.4 is 19.7 Å². The Morgan fingerprint density at radius 1 is 0.706 bits per heavy atom. The number of hydrogen-bond donors (Lipinski definition) is 1. The molecule has 2 amide bonds. The normalized spacial score (nSPS) is 13.5. The summed E-state index contributed by atoms with van der Waals surface area (Å²) in [5.41, 5.74) is 2.29. The second kappa shape index (κ2) is 8.75. The fourth-order valence-corrected chi connectivity index (χ4v) is 4.14. The molecule has 0 unspecified atom stereocenters. The first-order chi connectivity index (χ1) is 16.6. The van der Waals surface area contributed by atoms with Crippen molar-refractivity contribution in [2.45, 2.75) is 0 Å². The van der Waals surface area contributed by atoms with Crippen LogP contribution in [-0.4, -0.2) is 26.0 Å². The topological polar surface area (TPSA) is 67.9 Å². The smallest absolute Gasteiger partial charge is 0.282 e. The monoisotopic (exact) mass is 450 g/mol. The van der Waals surface area contributed by atoms with E-state index in [2.05, 4.69) is 5.32 Å². The number of carbonyl (C=O) groups is 2. The van der Waals surface area contributed by atoms with Gasteiger partial charge in [-0.25, -0.2) is 4.90 Å². The highest BCUT2D eigenvalue weighted by atomic mass is 16.5. The number of benzene rings is 4. The van der Waals surface area contributed by atoms with Crippen molar-refractivity contribution in [1.29, 1.82) is 0 Å². The van der Waals surface area contributed by atoms with Gasteiger partial charge in [0.25, 0.3) is 11.8 Å². The van der Waals surface area contributed by atoms with Crippen LogP contribution in [0, 0.1) is 0 Å². The van der Waals surface area contributed by atoms with Crippen molar-refractivity contribution in [3.63, 3.8) is 0 Å². The number of imide groups is 1. The van der Waals surface area contributed by atoms with E-state index in [1.165, 1.54) is 14.2 Å². The van der Waals surface area contributed by atoms with Crippen LogP contribution in [0.25, 0.3) is 16.3 Å². The van der Waals surface area contributed by atoms with Gasteiger partial charge >= 0.3 is 0 Å². The second-order valence-electron chi connectivity index (χ2n) is 7.78. The Morgan fingerprint density at radius 3 is 2.06 bits per heavy atom. The minimum Gasteiger partial charge on any atom is -0.497 e. The molecule has 0 radical (unpaired) electrons. The van der Waals surface area contributed by atoms with E-state index < -0.39 is 11.8 Å². The highest BCUT2D eigenvalue weighted by molar-refractivity contribution is 6.46. The lowest BCUT2D eigenvalue weighted by atomic mass is 10.0. The van der Waals surface area contributed by atoms with Gasteiger partial charge in [-0.15, -0.1) is 0 Å². The molecule has 1 N–H and O–H groups in total. The molecule has 5 rings (SSSR count). The second-order valence-corrected chi connectivity index (χ2v) is 7.78. The van der Waals surface area contributed by atoms with Crippen molar-refractivity contribution >= 4 is 39.5 Å². The minimum absolute atomic E-state index is 0.217. The maximum atomic E-state index is 13.7. The number of carbonyl (C=O) groups excluding carboxylic acids is 2. The van der Waals surface area contributed by atoms with E-state index in [0.29, 0.717) is 28.3 Å². The molecule has 0 aromatic heterocycles. The van der Waals surface area contributed by atoms with E-state index in [9.17, 15) is 9.59 Å². The summed E-state index contributed by atoms with van der Waals surface area (Å²) in [5.74, 6) is 0.0830. The number of anilines is 2. The number of fused-ring (bicyclic) bond motifs is 1. The Bertz CT molecular complexity index is 1420. The van der Waals surface area contributed by atoms with Crippen LogP contribution in [0.15, 0.2) is 96.7 Å². The van der Waals surface area contributed by atoms with Gasteiger partial charge in [-0.2, -0.15) is 0 Å². The summed E-state index contributed by atoms with van der Waals surface area (Å²) in [6.45, 7) is 0. The summed E-state index contributed by atoms with van der Waals surface area (Å²) in [6, 6.07) is 27.9. The zero-order chi connectivity index (χ0) is 23.7. The maximum absolute atomic E-state index is 13.7. The molecule has 6 nitrogen and oxygen atoms in total. The Kier molecular flexibility index (Phi) is 5.47. The van der Waals surface area contributed by atoms with E-state index in [1.54, 1.807) is 18.2 Å². The summed E-state index contributed by atoms with van der Waals surface area (Å²) in [7, 11) is 3.04. The third kappa shape index (κ3) is 3.65. The molecule has 0 saturated carbocycles. The SMILES string of the molecule is COc1cc(OC)cc(N2C(=O)C(Nc3cccc4ccccc34)=C(c3ccccc3)C2=O)c1. The van der Waals surface area contributed by atoms with E-state index in [4.69, 9.17) is 9.47 Å². The number of ether oxygens (including phenoxy) is 2. The standard InChI is InChI=1S/C28H22N2O4/c1-33-21-15-20(16-22(17-21)34-2)30-27(31)25(19-10-4-3-5-11-19)26(28(30)32)29-24-14-8-12-18-9-6-7-13-23(18)24/h3-17,29H,1-2H3. The quantitative estimate of drug-likeness (QED) is 0.406. The Hall–Kier alpha value is -4.58. The van der Waals surface area contributed by atoms with Gasteiger partial charge in [-0.1, -0.05) is 66.7 Å². The molecule has 0 atom stereocenters. The maximum Gasteiger partial charge on any atom is 0.282 e. The molecule has 168 valence electrons. The third-order valence-electron chi connectivity index (χ3n) is 5.79. The van der Waals surface area contributed by atoms with E-state index in [0.717, 1.165) is 21.4 Å². The van der Waals surface area contributed by atoms with Crippen molar-refractivity contribution in [3.05, 3.63) is 102 Å². The molecule has 1 aliphatic heterocycles. The van der Waals surface area contributed by atoms with Crippen LogP contribution in [0.5, 0.6) is 11.5 Å². The van der Waals surface area contributed by atoms with Gasteiger partial charge in [-0.05, 0) is 17.0 Å². The summed E-state index contributed by atoms with van der Waals surface area (Å²) in [6.07, 6.45) is 0. The van der Waals surface area contributed by atoms with Crippen LogP contribution in [0.3, 0.4) is 0 Å². The molecule has 0 bridgehead atoms. The number of methoxy groups -OCH3 is 2. The molecule has 1 heterocycles. The molecular weight excluding hydrogens is 428 g/mol. The highest BCUT2D eigenvalue weighted by Crippen LogP contribution is 2.37. The molecular formula is C28H22N2O4. The van der Waals surface area contributed by atoms with Crippen LogP contribution in [-0.2, 0) is 9.59 Å². The first-order valence-electron chi connectivity index (χ1n) is 10.8. The van der Waals surface area contributed by atoms with Gasteiger partial charge in [0.05, 0.1) is 25.5 Å². The number of amides is 2. The average Bonchev–Trinajstić information content (AvgIpc) is 3.13. The lowest BCUT2D eigenvalue weighted by molar-refractivity contribution is -0.120. The molecule has 0 fully saturated rings. The van der Waals surface area contributed by atoms with Crippen molar-refractivity contribution in [2.24, 2.45) is 0 Å². The lowest BCUT2D eigenvalue weighted by Crippen LogP contribution is -2.32. The molecule has 1 aliphatic rings. The molecule has 4 aromatic carbocycles. The first kappa shape index (κ1) is 21.3. The van der Waals surface area contributed by atoms with E-state index in [1.807, 2.05) is 72.8 Å². The lowest BCUT2D eigenvalue weighted by Gasteiger charge is -2.17. The largest absolute Gasteiger partial charge is 0.497 e. The van der Waals surface area contributed by atoms with Gasteiger partial charge in [0.2, 0.25) is 0 Å². The third-order valence-corrected chi connectivity index (χ3v) is 5.79. The fourth-order valence-electron chi connectivity index (χ4n) is 4.14. The van der Waals surface area contributed by atoms with Gasteiger partial charge in [0.1, 0.15) is 17.2 Å². The predicted molar refractivity (Wildman–Crippen MR) is 133 cm³/mol. The Balaban J connectivity index is 1.65. The Labute approximate surface area is 197 Å². The average molecular weight is 450 g/mol. The minimum atomic E-state index is -0.452. The zero-order valence-electron chi connectivity index (χ0n) is 18.7. The van der Waals surface area contributed by atoms with Crippen molar-refractivity contribution < 1.29 is 19.1 Å². The van der Waals surface area contributed by atoms with Crippen LogP contribution in [0.4, 0.5) is 11.4 Å². The number of nitrogens with zero attached hydrogens (tertiary/aromatic N) is 1. The molecule has 6 heteroatoms. The van der Waals surface area contributed by atoms with Crippen LogP contribution >= 0.6 is 0 Å². The number of nitrogens with one attached hydrogen (secondary N) is 1. The number of hydrogen-bond acceptors (Lipinski definition) is 5. The van der Waals surface area contributed by atoms with Gasteiger partial charge in [0, 0.05) is 29.3 Å². The number of rotatable bonds is 6. The van der Waals surface area contributed by atoms with E-state index in [-0.39, 0.29) is 5.70 Å². The summed E-state index contributed by atoms with van der Waals surface area (Å²) in [4.78, 5) is 28.6. The fraction of sp³-hybridized carbons (Fsp3) is 0.0714. The summed E-state index contributed by atoms with van der Waals surface area (Å²) in [5, 5.41) is 5.25. The van der Waals surface area contributed by atoms with Gasteiger partial charge < -0.3 is 14.8 Å². The van der Waals surface area contributed by atoms with Crippen LogP contribution in [0.2, 0.25) is 0 Å². The molecule has 0 spiro atoms. The van der Waals surface area contributed by atoms with Crippen molar-refractivity contribution in [1.82, 2.24) is 0 Å². The molecule has 0 aliphatic carbocycles. The van der Waals surface area contributed by atoms with Crippen LogP contribution in [0.1, 0.15) is 5.56 Å². The predicted octanol–water partition coefficient (Wildman–Crippen LogP) is 5.25. The summed E-state index contributed by atoms with van der Waals surface area (Å²) >= 11 is 0. The van der Waals surface area contributed by atoms with Crippen molar-refractivity contribution in [3.8, 4) is 11.5 Å². The molecule has 4 aromatic rings. The van der Waals surface area contributed by atoms with Gasteiger partial charge in [-0.3, -0.25) is 9.59 Å². The zero-order valence-corrected chi connectivity index (χ0v) is 18.7. The molecule has 34 heavy (non-hydrogen) atoms. The summed E-state index contributed by atoms with van der Waals surface area (Å²) < 4.78 is 10.7. The highest BCUT2D eigenvalue weighted by Gasteiger charge is 2.40.